The summed E-state index contributed by atoms with van der Waals surface area (Å²) in [6.07, 6.45) is 0. The number of benzene rings is 10. The maximum absolute atomic E-state index is 2.45. The fourth-order valence-electron chi connectivity index (χ4n) is 9.10. The summed E-state index contributed by atoms with van der Waals surface area (Å²) in [6.45, 7) is 0. The zero-order valence-electron chi connectivity index (χ0n) is 32.0. The SMILES string of the molecule is c1ccc(-c2cccc3c2sc2c(N(c4ccc(-c5cc6ccccc6c6ccccc56)cc4)c4ccc(-c5cccc6c5sc5ccccc56)cc4)cccc23)cc1. The van der Waals surface area contributed by atoms with Crippen molar-refractivity contribution >= 4 is 102 Å². The Morgan fingerprint density at radius 1 is 0.288 bits per heavy atom. The number of fused-ring (bicyclic) bond motifs is 9. The van der Waals surface area contributed by atoms with E-state index in [1.165, 1.54) is 101 Å². The van der Waals surface area contributed by atoms with Gasteiger partial charge >= 0.3 is 0 Å². The van der Waals surface area contributed by atoms with Crippen LogP contribution in [0.15, 0.2) is 212 Å². The van der Waals surface area contributed by atoms with E-state index in [1.807, 2.05) is 22.7 Å². The number of hydrogen-bond donors (Lipinski definition) is 0. The van der Waals surface area contributed by atoms with E-state index in [-0.39, 0.29) is 0 Å². The molecule has 10 aromatic carbocycles. The Morgan fingerprint density at radius 3 is 1.49 bits per heavy atom. The summed E-state index contributed by atoms with van der Waals surface area (Å²) in [5.41, 5.74) is 10.9. The van der Waals surface area contributed by atoms with Gasteiger partial charge in [0.15, 0.2) is 0 Å². The van der Waals surface area contributed by atoms with Crippen molar-refractivity contribution < 1.29 is 0 Å². The van der Waals surface area contributed by atoms with Gasteiger partial charge in [0.2, 0.25) is 0 Å². The minimum absolute atomic E-state index is 1.12. The second kappa shape index (κ2) is 13.8. The van der Waals surface area contributed by atoms with Crippen LogP contribution in [0, 0.1) is 0 Å². The second-order valence-electron chi connectivity index (χ2n) is 15.2. The van der Waals surface area contributed by atoms with Gasteiger partial charge in [-0.2, -0.15) is 0 Å². The van der Waals surface area contributed by atoms with Gasteiger partial charge in [0, 0.05) is 47.0 Å². The fourth-order valence-corrected chi connectivity index (χ4v) is 11.7. The van der Waals surface area contributed by atoms with E-state index < -0.39 is 0 Å². The molecule has 59 heavy (non-hydrogen) atoms. The van der Waals surface area contributed by atoms with Gasteiger partial charge in [-0.3, -0.25) is 0 Å². The van der Waals surface area contributed by atoms with Crippen LogP contribution in [0.4, 0.5) is 17.1 Å². The lowest BCUT2D eigenvalue weighted by atomic mass is 9.93. The first-order chi connectivity index (χ1) is 29.3. The predicted molar refractivity (Wildman–Crippen MR) is 258 cm³/mol. The van der Waals surface area contributed by atoms with Gasteiger partial charge in [0.1, 0.15) is 0 Å². The summed E-state index contributed by atoms with van der Waals surface area (Å²) < 4.78 is 5.24. The molecule has 1 nitrogen and oxygen atoms in total. The van der Waals surface area contributed by atoms with Crippen molar-refractivity contribution in [3.63, 3.8) is 0 Å². The number of hydrogen-bond acceptors (Lipinski definition) is 3. The molecule has 3 heteroatoms. The monoisotopic (exact) mass is 785 g/mol. The van der Waals surface area contributed by atoms with Crippen LogP contribution in [0.5, 0.6) is 0 Å². The summed E-state index contributed by atoms with van der Waals surface area (Å²) >= 11 is 3.77. The minimum Gasteiger partial charge on any atom is -0.309 e. The molecular formula is C56H35NS2. The predicted octanol–water partition coefficient (Wildman–Crippen LogP) is 17.2. The van der Waals surface area contributed by atoms with Gasteiger partial charge < -0.3 is 4.90 Å². The summed E-state index contributed by atoms with van der Waals surface area (Å²) in [4.78, 5) is 2.45. The Bertz CT molecular complexity index is 3540. The molecule has 0 unspecified atom stereocenters. The summed E-state index contributed by atoms with van der Waals surface area (Å²) in [7, 11) is 0. The largest absolute Gasteiger partial charge is 0.309 e. The first-order valence-corrected chi connectivity index (χ1v) is 21.7. The van der Waals surface area contributed by atoms with Crippen LogP contribution < -0.4 is 4.90 Å². The van der Waals surface area contributed by atoms with Crippen molar-refractivity contribution in [3.05, 3.63) is 212 Å². The third-order valence-corrected chi connectivity index (χ3v) is 14.4. The van der Waals surface area contributed by atoms with E-state index >= 15 is 0 Å². The molecule has 0 amide bonds. The molecule has 0 spiro atoms. The van der Waals surface area contributed by atoms with Crippen LogP contribution in [0.2, 0.25) is 0 Å². The van der Waals surface area contributed by atoms with Crippen molar-refractivity contribution in [2.24, 2.45) is 0 Å². The number of anilines is 3. The van der Waals surface area contributed by atoms with E-state index in [0.717, 1.165) is 11.4 Å². The minimum atomic E-state index is 1.12. The van der Waals surface area contributed by atoms with Gasteiger partial charge in [-0.05, 0) is 97.4 Å². The molecule has 0 aliphatic carbocycles. The molecule has 0 atom stereocenters. The Balaban J connectivity index is 1.03. The van der Waals surface area contributed by atoms with Crippen molar-refractivity contribution in [1.29, 1.82) is 0 Å². The molecule has 0 fully saturated rings. The van der Waals surface area contributed by atoms with Crippen LogP contribution in [0.25, 0.3) is 95.3 Å². The Hall–Kier alpha value is -7.04. The molecule has 0 aliphatic heterocycles. The molecule has 0 bridgehead atoms. The van der Waals surface area contributed by atoms with Crippen LogP contribution in [-0.4, -0.2) is 0 Å². The summed E-state index contributed by atoms with van der Waals surface area (Å²) in [5, 5.41) is 10.3. The molecular weight excluding hydrogens is 751 g/mol. The maximum atomic E-state index is 2.45. The lowest BCUT2D eigenvalue weighted by Gasteiger charge is -2.26. The maximum Gasteiger partial charge on any atom is 0.0640 e. The van der Waals surface area contributed by atoms with E-state index in [4.69, 9.17) is 0 Å². The zero-order chi connectivity index (χ0) is 38.9. The smallest absolute Gasteiger partial charge is 0.0640 e. The second-order valence-corrected chi connectivity index (χ2v) is 17.3. The van der Waals surface area contributed by atoms with Crippen molar-refractivity contribution in [1.82, 2.24) is 0 Å². The number of nitrogens with zero attached hydrogens (tertiary/aromatic N) is 1. The average molecular weight is 786 g/mol. The van der Waals surface area contributed by atoms with E-state index in [1.54, 1.807) is 0 Å². The third kappa shape index (κ3) is 5.58. The molecule has 2 heterocycles. The lowest BCUT2D eigenvalue weighted by Crippen LogP contribution is -2.10. The van der Waals surface area contributed by atoms with E-state index in [9.17, 15) is 0 Å². The topological polar surface area (TPSA) is 3.24 Å². The Kier molecular flexibility index (Phi) is 7.97. The van der Waals surface area contributed by atoms with Gasteiger partial charge in [-0.15, -0.1) is 22.7 Å². The quantitative estimate of drug-likeness (QED) is 0.152. The molecule has 0 saturated heterocycles. The molecule has 0 radical (unpaired) electrons. The van der Waals surface area contributed by atoms with Crippen molar-refractivity contribution in [2.45, 2.75) is 0 Å². The highest BCUT2D eigenvalue weighted by Gasteiger charge is 2.20. The molecule has 12 aromatic rings. The zero-order valence-corrected chi connectivity index (χ0v) is 33.6. The molecule has 276 valence electrons. The van der Waals surface area contributed by atoms with Crippen LogP contribution in [0.3, 0.4) is 0 Å². The molecule has 12 rings (SSSR count). The van der Waals surface area contributed by atoms with Crippen molar-refractivity contribution in [3.8, 4) is 33.4 Å². The molecule has 0 N–H and O–H groups in total. The highest BCUT2D eigenvalue weighted by molar-refractivity contribution is 7.27. The number of rotatable bonds is 6. The Morgan fingerprint density at radius 2 is 0.780 bits per heavy atom. The van der Waals surface area contributed by atoms with Crippen LogP contribution >= 0.6 is 22.7 Å². The molecule has 2 aromatic heterocycles. The first-order valence-electron chi connectivity index (χ1n) is 20.1. The Labute approximate surface area is 350 Å². The number of thiophene rings is 2. The van der Waals surface area contributed by atoms with Gasteiger partial charge in [0.25, 0.3) is 0 Å². The van der Waals surface area contributed by atoms with Gasteiger partial charge in [0.05, 0.1) is 10.4 Å². The standard InChI is InChI=1S/C56H35NS2/c1-2-13-36(14-3-1)43-20-11-23-49-50-24-12-25-52(56(50)59-55(43)49)57(40-31-27-37(28-32-40)44-21-10-22-48-47-19-8-9-26-53(47)58-54(44)48)41-33-29-38(30-34-41)51-35-39-15-4-5-16-42(39)45-17-6-7-18-46(45)51/h1-35H. The lowest BCUT2D eigenvalue weighted by molar-refractivity contribution is 1.30. The van der Waals surface area contributed by atoms with E-state index in [0.29, 0.717) is 0 Å². The van der Waals surface area contributed by atoms with E-state index in [2.05, 4.69) is 217 Å². The molecule has 0 saturated carbocycles. The van der Waals surface area contributed by atoms with Gasteiger partial charge in [-0.1, -0.05) is 170 Å². The molecule has 0 aliphatic rings. The highest BCUT2D eigenvalue weighted by atomic mass is 32.1. The summed E-state index contributed by atoms with van der Waals surface area (Å²) in [6, 6.07) is 78.0. The van der Waals surface area contributed by atoms with Crippen LogP contribution in [0.1, 0.15) is 0 Å². The van der Waals surface area contributed by atoms with Crippen molar-refractivity contribution in [2.75, 3.05) is 4.90 Å². The van der Waals surface area contributed by atoms with Gasteiger partial charge in [-0.25, -0.2) is 0 Å². The third-order valence-electron chi connectivity index (χ3n) is 11.9. The highest BCUT2D eigenvalue weighted by Crippen LogP contribution is 2.48. The first kappa shape index (κ1) is 34.0. The fraction of sp³-hybridized carbons (Fsp3) is 0. The van der Waals surface area contributed by atoms with Crippen LogP contribution in [-0.2, 0) is 0 Å². The summed E-state index contributed by atoms with van der Waals surface area (Å²) in [5.74, 6) is 0. The normalized spacial score (nSPS) is 11.7. The average Bonchev–Trinajstić information content (AvgIpc) is 3.89.